The first-order valence-electron chi connectivity index (χ1n) is 5.50. The van der Waals surface area contributed by atoms with Crippen LogP contribution in [0.15, 0.2) is 12.4 Å². The highest BCUT2D eigenvalue weighted by Gasteiger charge is 2.12. The molecule has 0 aliphatic heterocycles. The van der Waals surface area contributed by atoms with Crippen LogP contribution in [0.1, 0.15) is 18.3 Å². The fourth-order valence-corrected chi connectivity index (χ4v) is 1.56. The molecule has 0 saturated heterocycles. The molecule has 0 amide bonds. The van der Waals surface area contributed by atoms with Crippen LogP contribution >= 0.6 is 0 Å². The number of imidazole rings is 1. The van der Waals surface area contributed by atoms with E-state index in [1.165, 1.54) is 0 Å². The van der Waals surface area contributed by atoms with Gasteiger partial charge in [-0.15, -0.1) is 0 Å². The van der Waals surface area contributed by atoms with Crippen LogP contribution in [0.4, 0.5) is 0 Å². The normalized spacial score (nSPS) is 12.9. The van der Waals surface area contributed by atoms with E-state index in [0.29, 0.717) is 19.8 Å². The summed E-state index contributed by atoms with van der Waals surface area (Å²) < 4.78 is 12.4. The van der Waals surface area contributed by atoms with Crippen LogP contribution in [-0.4, -0.2) is 43.5 Å². The standard InChI is InChI=1S/C11H21N3O2/c1-12-10(4-7-16-9-8-15-3)11-13-5-6-14(11)2/h5-6,10,12H,4,7-9H2,1-3H3. The Morgan fingerprint density at radius 3 is 2.81 bits per heavy atom. The Morgan fingerprint density at radius 1 is 1.44 bits per heavy atom. The van der Waals surface area contributed by atoms with Crippen molar-refractivity contribution < 1.29 is 9.47 Å². The fraction of sp³-hybridized carbons (Fsp3) is 0.727. The van der Waals surface area contributed by atoms with Gasteiger partial charge in [0.2, 0.25) is 0 Å². The van der Waals surface area contributed by atoms with Crippen LogP contribution in [0.5, 0.6) is 0 Å². The average Bonchev–Trinajstić information content (AvgIpc) is 2.70. The summed E-state index contributed by atoms with van der Waals surface area (Å²) >= 11 is 0. The first kappa shape index (κ1) is 13.2. The third kappa shape index (κ3) is 3.92. The number of hydrogen-bond acceptors (Lipinski definition) is 4. The molecule has 0 aliphatic rings. The van der Waals surface area contributed by atoms with Gasteiger partial charge in [-0.1, -0.05) is 0 Å². The predicted octanol–water partition coefficient (Wildman–Crippen LogP) is 0.734. The molecule has 5 nitrogen and oxygen atoms in total. The molecule has 0 aromatic carbocycles. The molecule has 16 heavy (non-hydrogen) atoms. The molecule has 0 bridgehead atoms. The van der Waals surface area contributed by atoms with Gasteiger partial charge >= 0.3 is 0 Å². The third-order valence-corrected chi connectivity index (χ3v) is 2.50. The number of aryl methyl sites for hydroxylation is 1. The highest BCUT2D eigenvalue weighted by molar-refractivity contribution is 4.98. The number of hydrogen-bond donors (Lipinski definition) is 1. The lowest BCUT2D eigenvalue weighted by molar-refractivity contribution is 0.0656. The first-order chi connectivity index (χ1) is 7.79. The zero-order chi connectivity index (χ0) is 11.8. The SMILES string of the molecule is CNC(CCOCCOC)c1nccn1C. The topological polar surface area (TPSA) is 48.3 Å². The van der Waals surface area contributed by atoms with Gasteiger partial charge in [0.25, 0.3) is 0 Å². The predicted molar refractivity (Wildman–Crippen MR) is 62.3 cm³/mol. The number of ether oxygens (including phenoxy) is 2. The second kappa shape index (κ2) is 7.38. The molecular weight excluding hydrogens is 206 g/mol. The van der Waals surface area contributed by atoms with Crippen molar-refractivity contribution in [1.29, 1.82) is 0 Å². The minimum absolute atomic E-state index is 0.238. The monoisotopic (exact) mass is 227 g/mol. The molecule has 1 rings (SSSR count). The summed E-state index contributed by atoms with van der Waals surface area (Å²) in [5.74, 6) is 1.04. The molecular formula is C11H21N3O2. The van der Waals surface area contributed by atoms with Crippen LogP contribution in [0.25, 0.3) is 0 Å². The molecule has 92 valence electrons. The lowest BCUT2D eigenvalue weighted by Crippen LogP contribution is -2.22. The fourth-order valence-electron chi connectivity index (χ4n) is 1.56. The molecule has 1 unspecified atom stereocenters. The van der Waals surface area contributed by atoms with Crippen molar-refractivity contribution in [3.63, 3.8) is 0 Å². The van der Waals surface area contributed by atoms with Gasteiger partial charge in [0.05, 0.1) is 19.3 Å². The average molecular weight is 227 g/mol. The van der Waals surface area contributed by atoms with Gasteiger partial charge in [-0.2, -0.15) is 0 Å². The summed E-state index contributed by atoms with van der Waals surface area (Å²) in [5, 5.41) is 3.24. The Balaban J connectivity index is 2.30. The minimum atomic E-state index is 0.238. The van der Waals surface area contributed by atoms with Gasteiger partial charge in [-0.25, -0.2) is 4.98 Å². The lowest BCUT2D eigenvalue weighted by atomic mass is 10.2. The van der Waals surface area contributed by atoms with Gasteiger partial charge in [-0.05, 0) is 13.5 Å². The molecule has 0 fully saturated rings. The van der Waals surface area contributed by atoms with E-state index in [9.17, 15) is 0 Å². The Labute approximate surface area is 96.8 Å². The number of rotatable bonds is 8. The summed E-state index contributed by atoms with van der Waals surface area (Å²) in [6, 6.07) is 0.238. The highest BCUT2D eigenvalue weighted by Crippen LogP contribution is 2.13. The second-order valence-corrected chi connectivity index (χ2v) is 3.63. The maximum atomic E-state index is 5.44. The molecule has 0 saturated carbocycles. The van der Waals surface area contributed by atoms with Crippen molar-refractivity contribution in [3.8, 4) is 0 Å². The van der Waals surface area contributed by atoms with Crippen molar-refractivity contribution >= 4 is 0 Å². The number of methoxy groups -OCH3 is 1. The van der Waals surface area contributed by atoms with E-state index in [1.54, 1.807) is 7.11 Å². The summed E-state index contributed by atoms with van der Waals surface area (Å²) in [5.41, 5.74) is 0. The van der Waals surface area contributed by atoms with Crippen molar-refractivity contribution in [3.05, 3.63) is 18.2 Å². The molecule has 0 radical (unpaired) electrons. The van der Waals surface area contributed by atoms with Gasteiger partial charge in [0.1, 0.15) is 5.82 Å². The maximum absolute atomic E-state index is 5.44. The number of aromatic nitrogens is 2. The quantitative estimate of drug-likeness (QED) is 0.665. The summed E-state index contributed by atoms with van der Waals surface area (Å²) in [7, 11) is 5.61. The van der Waals surface area contributed by atoms with Crippen molar-refractivity contribution in [2.45, 2.75) is 12.5 Å². The highest BCUT2D eigenvalue weighted by atomic mass is 16.5. The van der Waals surface area contributed by atoms with E-state index in [4.69, 9.17) is 9.47 Å². The Kier molecular flexibility index (Phi) is 6.07. The van der Waals surface area contributed by atoms with Crippen LogP contribution in [0, 0.1) is 0 Å². The molecule has 1 aromatic heterocycles. The van der Waals surface area contributed by atoms with E-state index in [2.05, 4.69) is 10.3 Å². The van der Waals surface area contributed by atoms with Gasteiger partial charge in [0.15, 0.2) is 0 Å². The Hall–Kier alpha value is -0.910. The molecule has 1 aromatic rings. The van der Waals surface area contributed by atoms with Gasteiger partial charge in [0, 0.05) is 33.2 Å². The van der Waals surface area contributed by atoms with Crippen LogP contribution in [0.3, 0.4) is 0 Å². The van der Waals surface area contributed by atoms with Crippen molar-refractivity contribution in [1.82, 2.24) is 14.9 Å². The number of nitrogens with zero attached hydrogens (tertiary/aromatic N) is 2. The number of nitrogens with one attached hydrogen (secondary N) is 1. The van der Waals surface area contributed by atoms with E-state index >= 15 is 0 Å². The molecule has 1 N–H and O–H groups in total. The third-order valence-electron chi connectivity index (χ3n) is 2.50. The molecule has 1 heterocycles. The lowest BCUT2D eigenvalue weighted by Gasteiger charge is -2.15. The second-order valence-electron chi connectivity index (χ2n) is 3.63. The molecule has 0 spiro atoms. The zero-order valence-corrected chi connectivity index (χ0v) is 10.3. The van der Waals surface area contributed by atoms with Gasteiger partial charge < -0.3 is 19.4 Å². The van der Waals surface area contributed by atoms with E-state index < -0.39 is 0 Å². The largest absolute Gasteiger partial charge is 0.382 e. The van der Waals surface area contributed by atoms with Crippen LogP contribution in [0.2, 0.25) is 0 Å². The smallest absolute Gasteiger partial charge is 0.125 e. The van der Waals surface area contributed by atoms with E-state index in [0.717, 1.165) is 12.2 Å². The van der Waals surface area contributed by atoms with E-state index in [1.807, 2.05) is 31.1 Å². The Morgan fingerprint density at radius 2 is 2.25 bits per heavy atom. The van der Waals surface area contributed by atoms with Crippen LogP contribution < -0.4 is 5.32 Å². The summed E-state index contributed by atoms with van der Waals surface area (Å²) in [6.07, 6.45) is 4.67. The van der Waals surface area contributed by atoms with Crippen molar-refractivity contribution in [2.75, 3.05) is 34.0 Å². The summed E-state index contributed by atoms with van der Waals surface area (Å²) in [6.45, 7) is 2.00. The first-order valence-corrected chi connectivity index (χ1v) is 5.50. The molecule has 5 heteroatoms. The Bertz CT molecular complexity index is 289. The van der Waals surface area contributed by atoms with Gasteiger partial charge in [-0.3, -0.25) is 0 Å². The zero-order valence-electron chi connectivity index (χ0n) is 10.3. The molecule has 1 atom stereocenters. The maximum Gasteiger partial charge on any atom is 0.125 e. The minimum Gasteiger partial charge on any atom is -0.382 e. The van der Waals surface area contributed by atoms with Crippen molar-refractivity contribution in [2.24, 2.45) is 7.05 Å². The summed E-state index contributed by atoms with van der Waals surface area (Å²) in [4.78, 5) is 4.32. The molecule has 0 aliphatic carbocycles. The van der Waals surface area contributed by atoms with Crippen LogP contribution in [-0.2, 0) is 16.5 Å². The van der Waals surface area contributed by atoms with E-state index in [-0.39, 0.29) is 6.04 Å².